The SMILES string of the molecule is CCCCCCCCCCCCOC(=O)C(CC(=O)OCC)S(=O)(=O)O.[NaH]. The monoisotopic (exact) mass is 418 g/mol. The minimum atomic E-state index is -4.72. The summed E-state index contributed by atoms with van der Waals surface area (Å²) in [7, 11) is -4.72. The van der Waals surface area contributed by atoms with Gasteiger partial charge in [-0.05, 0) is 13.3 Å². The Balaban J connectivity index is 0. The zero-order valence-corrected chi connectivity index (χ0v) is 16.9. The molecule has 0 aliphatic rings. The first-order valence-electron chi connectivity index (χ1n) is 9.61. The van der Waals surface area contributed by atoms with Crippen molar-refractivity contribution in [3.05, 3.63) is 0 Å². The molecule has 0 saturated heterocycles. The fourth-order valence-corrected chi connectivity index (χ4v) is 3.19. The fourth-order valence-electron chi connectivity index (χ4n) is 2.54. The van der Waals surface area contributed by atoms with Gasteiger partial charge in [0.05, 0.1) is 19.6 Å². The van der Waals surface area contributed by atoms with Crippen LogP contribution in [0.1, 0.15) is 84.5 Å². The summed E-state index contributed by atoms with van der Waals surface area (Å²) in [6.45, 7) is 3.89. The maximum absolute atomic E-state index is 11.8. The second-order valence-electron chi connectivity index (χ2n) is 6.36. The van der Waals surface area contributed by atoms with E-state index in [9.17, 15) is 18.0 Å². The van der Waals surface area contributed by atoms with Gasteiger partial charge in [-0.2, -0.15) is 8.42 Å². The first-order valence-corrected chi connectivity index (χ1v) is 11.1. The van der Waals surface area contributed by atoms with E-state index in [1.54, 1.807) is 6.92 Å². The summed E-state index contributed by atoms with van der Waals surface area (Å²) < 4.78 is 41.1. The third-order valence-corrected chi connectivity index (χ3v) is 5.10. The van der Waals surface area contributed by atoms with Crippen molar-refractivity contribution in [2.24, 2.45) is 0 Å². The molecule has 0 heterocycles. The van der Waals surface area contributed by atoms with Crippen LogP contribution in [0.4, 0.5) is 0 Å². The van der Waals surface area contributed by atoms with Crippen LogP contribution in [0.15, 0.2) is 0 Å². The van der Waals surface area contributed by atoms with E-state index in [0.29, 0.717) is 6.42 Å². The van der Waals surface area contributed by atoms with Gasteiger partial charge in [-0.25, -0.2) is 0 Å². The van der Waals surface area contributed by atoms with Gasteiger partial charge in [0.15, 0.2) is 5.25 Å². The molecule has 7 nitrogen and oxygen atoms in total. The number of carbonyl (C=O) groups is 2. The first kappa shape index (κ1) is 29.1. The summed E-state index contributed by atoms with van der Waals surface area (Å²) in [5.41, 5.74) is 0. The predicted molar refractivity (Wildman–Crippen MR) is 107 cm³/mol. The van der Waals surface area contributed by atoms with E-state index >= 15 is 0 Å². The number of esters is 2. The minimum absolute atomic E-state index is 0. The van der Waals surface area contributed by atoms with E-state index < -0.39 is 33.7 Å². The van der Waals surface area contributed by atoms with Crippen molar-refractivity contribution in [3.8, 4) is 0 Å². The number of unbranched alkanes of at least 4 members (excludes halogenated alkanes) is 9. The third kappa shape index (κ3) is 16.5. The van der Waals surface area contributed by atoms with E-state index in [2.05, 4.69) is 11.7 Å². The molecule has 0 aromatic rings. The Bertz CT molecular complexity index is 494. The van der Waals surface area contributed by atoms with E-state index in [1.165, 1.54) is 38.5 Å². The Morgan fingerprint density at radius 3 is 1.78 bits per heavy atom. The Hall–Kier alpha value is -0.150. The van der Waals surface area contributed by atoms with Crippen LogP contribution in [0, 0.1) is 0 Å². The quantitative estimate of drug-likeness (QED) is 0.178. The van der Waals surface area contributed by atoms with Gasteiger partial charge in [0, 0.05) is 0 Å². The molecule has 1 N–H and O–H groups in total. The molecule has 0 aliphatic carbocycles. The first-order chi connectivity index (χ1) is 12.3. The van der Waals surface area contributed by atoms with Crippen molar-refractivity contribution in [1.82, 2.24) is 0 Å². The molecular weight excluding hydrogens is 383 g/mol. The van der Waals surface area contributed by atoms with Crippen LogP contribution >= 0.6 is 0 Å². The van der Waals surface area contributed by atoms with Gasteiger partial charge in [0.25, 0.3) is 10.1 Å². The van der Waals surface area contributed by atoms with Crippen molar-refractivity contribution in [2.75, 3.05) is 13.2 Å². The second-order valence-corrected chi connectivity index (χ2v) is 7.96. The average molecular weight is 419 g/mol. The summed E-state index contributed by atoms with van der Waals surface area (Å²) >= 11 is 0. The van der Waals surface area contributed by atoms with Gasteiger partial charge in [0.1, 0.15) is 0 Å². The van der Waals surface area contributed by atoms with Crippen molar-refractivity contribution >= 4 is 51.6 Å². The van der Waals surface area contributed by atoms with Crippen molar-refractivity contribution in [1.29, 1.82) is 0 Å². The summed E-state index contributed by atoms with van der Waals surface area (Å²) in [5, 5.41) is -1.93. The molecule has 9 heteroatoms. The van der Waals surface area contributed by atoms with Gasteiger partial charge >= 0.3 is 41.5 Å². The molecule has 0 aliphatic heterocycles. The third-order valence-electron chi connectivity index (χ3n) is 4.02. The van der Waals surface area contributed by atoms with Crippen molar-refractivity contribution in [2.45, 2.75) is 89.7 Å². The van der Waals surface area contributed by atoms with Crippen LogP contribution in [0.2, 0.25) is 0 Å². The van der Waals surface area contributed by atoms with Gasteiger partial charge in [-0.1, -0.05) is 64.7 Å². The average Bonchev–Trinajstić information content (AvgIpc) is 2.56. The normalized spacial score (nSPS) is 12.1. The molecule has 0 bridgehead atoms. The molecule has 0 saturated carbocycles. The van der Waals surface area contributed by atoms with E-state index in [4.69, 9.17) is 9.29 Å². The van der Waals surface area contributed by atoms with E-state index in [0.717, 1.165) is 19.3 Å². The Morgan fingerprint density at radius 1 is 0.852 bits per heavy atom. The van der Waals surface area contributed by atoms with Crippen molar-refractivity contribution < 1.29 is 32.0 Å². The molecule has 1 unspecified atom stereocenters. The zero-order valence-electron chi connectivity index (χ0n) is 16.1. The number of ether oxygens (including phenoxy) is 2. The van der Waals surface area contributed by atoms with Crippen molar-refractivity contribution in [3.63, 3.8) is 0 Å². The standard InChI is InChI=1S/C18H34O7S.Na.H/c1-3-5-6-7-8-9-10-11-12-13-14-25-18(20)16(26(21,22)23)15-17(19)24-4-2;;/h16H,3-15H2,1-2H3,(H,21,22,23);;. The van der Waals surface area contributed by atoms with Crippen LogP contribution in [-0.4, -0.2) is 72.9 Å². The molecule has 0 fully saturated rings. The Labute approximate surface area is 186 Å². The molecule has 0 radical (unpaired) electrons. The molecule has 1 atom stereocenters. The van der Waals surface area contributed by atoms with Gasteiger partial charge in [-0.3, -0.25) is 14.1 Å². The Kier molecular flexibility index (Phi) is 19.3. The number of carbonyl (C=O) groups excluding carboxylic acids is 2. The van der Waals surface area contributed by atoms with Crippen LogP contribution in [0.3, 0.4) is 0 Å². The van der Waals surface area contributed by atoms with Crippen LogP contribution in [0.5, 0.6) is 0 Å². The molecule has 0 amide bonds. The molecular formula is C18H35NaO7S. The predicted octanol–water partition coefficient (Wildman–Crippen LogP) is 3.01. The molecule has 0 aromatic heterocycles. The summed E-state index contributed by atoms with van der Waals surface area (Å²) in [6, 6.07) is 0. The summed E-state index contributed by atoms with van der Waals surface area (Å²) in [6.07, 6.45) is 10.5. The van der Waals surface area contributed by atoms with Crippen LogP contribution < -0.4 is 0 Å². The molecule has 27 heavy (non-hydrogen) atoms. The second kappa shape index (κ2) is 17.9. The van der Waals surface area contributed by atoms with Gasteiger partial charge < -0.3 is 9.47 Å². The van der Waals surface area contributed by atoms with E-state index in [-0.39, 0.29) is 42.8 Å². The van der Waals surface area contributed by atoms with Crippen LogP contribution in [0.25, 0.3) is 0 Å². The topological polar surface area (TPSA) is 107 Å². The molecule has 0 aromatic carbocycles. The Morgan fingerprint density at radius 2 is 1.33 bits per heavy atom. The number of rotatable bonds is 16. The number of hydrogen-bond donors (Lipinski definition) is 1. The number of hydrogen-bond acceptors (Lipinski definition) is 6. The molecule has 156 valence electrons. The van der Waals surface area contributed by atoms with Gasteiger partial charge in [-0.15, -0.1) is 0 Å². The summed E-state index contributed by atoms with van der Waals surface area (Å²) in [4.78, 5) is 23.2. The fraction of sp³-hybridized carbons (Fsp3) is 0.889. The molecule has 0 rings (SSSR count). The molecule has 0 spiro atoms. The van der Waals surface area contributed by atoms with E-state index in [1.807, 2.05) is 0 Å². The summed E-state index contributed by atoms with van der Waals surface area (Å²) in [5.74, 6) is -1.98. The maximum atomic E-state index is 11.8. The van der Waals surface area contributed by atoms with Crippen LogP contribution in [-0.2, 0) is 29.2 Å². The van der Waals surface area contributed by atoms with Gasteiger partial charge in [0.2, 0.25) is 0 Å². The zero-order chi connectivity index (χ0) is 19.8.